The quantitative estimate of drug-likeness (QED) is 0.0239. The van der Waals surface area contributed by atoms with Crippen molar-refractivity contribution in [3.05, 3.63) is 72.9 Å². The van der Waals surface area contributed by atoms with Crippen LogP contribution in [0.3, 0.4) is 0 Å². The van der Waals surface area contributed by atoms with E-state index in [1.54, 1.807) is 0 Å². The van der Waals surface area contributed by atoms with Crippen LogP contribution in [-0.2, 0) is 27.9 Å². The summed E-state index contributed by atoms with van der Waals surface area (Å²) in [5.74, 6) is -0.551. The molecular weight excluding hydrogens is 786 g/mol. The van der Waals surface area contributed by atoms with Gasteiger partial charge >= 0.3 is 13.8 Å². The third-order valence-corrected chi connectivity index (χ3v) is 11.1. The number of nitrogens with one attached hydrogen (secondary N) is 1. The maximum absolute atomic E-state index is 12.1. The fourth-order valence-electron chi connectivity index (χ4n) is 6.39. The molecule has 2 unspecified atom stereocenters. The van der Waals surface area contributed by atoms with Crippen LogP contribution in [-0.4, -0.2) is 54.3 Å². The first-order valence-electron chi connectivity index (χ1n) is 24.4. The summed E-state index contributed by atoms with van der Waals surface area (Å²) in [6, 6.07) is 0. The van der Waals surface area contributed by atoms with Gasteiger partial charge in [-0.2, -0.15) is 0 Å². The second kappa shape index (κ2) is 46.9. The predicted octanol–water partition coefficient (Wildman–Crippen LogP) is 14.2. The van der Waals surface area contributed by atoms with E-state index in [0.29, 0.717) is 12.8 Å². The Morgan fingerprint density at radius 3 is 1.34 bits per heavy atom. The number of aliphatic hydroxyl groups is 1. The van der Waals surface area contributed by atoms with Gasteiger partial charge in [0.15, 0.2) is 0 Å². The molecule has 10 heteroatoms. The summed E-state index contributed by atoms with van der Waals surface area (Å²) in [5, 5.41) is 12.7. The number of amides is 1. The molecule has 0 rings (SSSR count). The van der Waals surface area contributed by atoms with Gasteiger partial charge in [0.05, 0.1) is 13.2 Å². The molecular formula is C51H90NO8P. The zero-order chi connectivity index (χ0) is 44.6. The van der Waals surface area contributed by atoms with E-state index < -0.39 is 26.5 Å². The van der Waals surface area contributed by atoms with Gasteiger partial charge in [0, 0.05) is 19.4 Å². The van der Waals surface area contributed by atoms with Crippen molar-refractivity contribution >= 4 is 19.7 Å². The Kier molecular flexibility index (Phi) is 45.0. The van der Waals surface area contributed by atoms with Gasteiger partial charge in [-0.15, -0.1) is 0 Å². The first-order valence-corrected chi connectivity index (χ1v) is 25.9. The lowest BCUT2D eigenvalue weighted by Crippen LogP contribution is -2.27. The van der Waals surface area contributed by atoms with E-state index in [4.69, 9.17) is 13.8 Å². The zero-order valence-electron chi connectivity index (χ0n) is 38.8. The number of rotatable bonds is 45. The van der Waals surface area contributed by atoms with E-state index in [2.05, 4.69) is 92.1 Å². The Balaban J connectivity index is 3.63. The summed E-state index contributed by atoms with van der Waals surface area (Å²) in [5.41, 5.74) is 0. The molecule has 1 amide bonds. The van der Waals surface area contributed by atoms with E-state index >= 15 is 0 Å². The third-order valence-electron chi connectivity index (χ3n) is 10.1. The minimum atomic E-state index is -4.43. The number of ether oxygens (including phenoxy) is 1. The van der Waals surface area contributed by atoms with Crippen LogP contribution in [0.15, 0.2) is 72.9 Å². The molecule has 0 aromatic rings. The fraction of sp³-hybridized carbons (Fsp3) is 0.725. The largest absolute Gasteiger partial charge is 0.472 e. The molecule has 0 saturated carbocycles. The molecule has 352 valence electrons. The molecule has 0 aliphatic rings. The number of hydrogen-bond acceptors (Lipinski definition) is 7. The second-order valence-corrected chi connectivity index (χ2v) is 17.5. The first kappa shape index (κ1) is 58.5. The SMILES string of the molecule is CCCCC/C=C\C/C=C\C/C=C\C/C=C\CCCCCC(=O)OCC(O)COP(=O)(O)OCCNC(=O)CCCCCCCCCCCCC/C=C\C/C=C\CCCCC. The lowest BCUT2D eigenvalue weighted by molar-refractivity contribution is -0.147. The highest BCUT2D eigenvalue weighted by Crippen LogP contribution is 2.42. The lowest BCUT2D eigenvalue weighted by Gasteiger charge is -2.15. The Morgan fingerprint density at radius 2 is 0.885 bits per heavy atom. The van der Waals surface area contributed by atoms with Crippen molar-refractivity contribution in [2.75, 3.05) is 26.4 Å². The topological polar surface area (TPSA) is 131 Å². The Hall–Kier alpha value is -2.55. The maximum Gasteiger partial charge on any atom is 0.472 e. The van der Waals surface area contributed by atoms with E-state index in [0.717, 1.165) is 64.2 Å². The zero-order valence-corrected chi connectivity index (χ0v) is 39.7. The molecule has 0 aromatic heterocycles. The molecule has 3 N–H and O–H groups in total. The molecule has 0 aromatic carbocycles. The molecule has 0 spiro atoms. The normalized spacial score (nSPS) is 13.8. The monoisotopic (exact) mass is 876 g/mol. The average molecular weight is 876 g/mol. The molecule has 0 heterocycles. The van der Waals surface area contributed by atoms with Gasteiger partial charge in [-0.1, -0.05) is 177 Å². The van der Waals surface area contributed by atoms with E-state index in [-0.39, 0.29) is 32.1 Å². The van der Waals surface area contributed by atoms with Gasteiger partial charge in [0.1, 0.15) is 12.7 Å². The van der Waals surface area contributed by atoms with Crippen LogP contribution in [0.4, 0.5) is 0 Å². The molecule has 0 aliphatic carbocycles. The number of unbranched alkanes of at least 4 members (excludes halogenated alkanes) is 20. The Morgan fingerprint density at radius 1 is 0.508 bits per heavy atom. The van der Waals surface area contributed by atoms with Crippen molar-refractivity contribution in [2.45, 2.75) is 213 Å². The number of carbonyl (C=O) groups is 2. The number of phosphoric ester groups is 1. The predicted molar refractivity (Wildman–Crippen MR) is 256 cm³/mol. The highest BCUT2D eigenvalue weighted by Gasteiger charge is 2.23. The summed E-state index contributed by atoms with van der Waals surface area (Å²) in [6.45, 7) is 3.47. The molecule has 0 saturated heterocycles. The molecule has 2 atom stereocenters. The van der Waals surface area contributed by atoms with Crippen molar-refractivity contribution in [2.24, 2.45) is 0 Å². The summed E-state index contributed by atoms with van der Waals surface area (Å²) >= 11 is 0. The van der Waals surface area contributed by atoms with Crippen LogP contribution < -0.4 is 5.32 Å². The van der Waals surface area contributed by atoms with Crippen molar-refractivity contribution in [1.82, 2.24) is 5.32 Å². The van der Waals surface area contributed by atoms with Crippen molar-refractivity contribution in [3.63, 3.8) is 0 Å². The van der Waals surface area contributed by atoms with Crippen LogP contribution in [0.25, 0.3) is 0 Å². The summed E-state index contributed by atoms with van der Waals surface area (Å²) in [7, 11) is -4.43. The van der Waals surface area contributed by atoms with Crippen LogP contribution >= 0.6 is 7.82 Å². The summed E-state index contributed by atoms with van der Waals surface area (Å²) in [6.07, 6.45) is 58.3. The van der Waals surface area contributed by atoms with Crippen molar-refractivity contribution in [1.29, 1.82) is 0 Å². The number of esters is 1. The maximum atomic E-state index is 12.1. The van der Waals surface area contributed by atoms with Crippen LogP contribution in [0.5, 0.6) is 0 Å². The molecule has 9 nitrogen and oxygen atoms in total. The number of phosphoric acid groups is 1. The second-order valence-electron chi connectivity index (χ2n) is 16.1. The third kappa shape index (κ3) is 48.3. The van der Waals surface area contributed by atoms with Crippen molar-refractivity contribution < 1.29 is 37.9 Å². The highest BCUT2D eigenvalue weighted by molar-refractivity contribution is 7.47. The van der Waals surface area contributed by atoms with Crippen molar-refractivity contribution in [3.8, 4) is 0 Å². The number of aliphatic hydroxyl groups excluding tert-OH is 1. The molecule has 0 aliphatic heterocycles. The minimum Gasteiger partial charge on any atom is -0.463 e. The summed E-state index contributed by atoms with van der Waals surface area (Å²) < 4.78 is 26.9. The number of allylic oxidation sites excluding steroid dienone is 12. The van der Waals surface area contributed by atoms with Gasteiger partial charge < -0.3 is 20.1 Å². The molecule has 61 heavy (non-hydrogen) atoms. The van der Waals surface area contributed by atoms with Gasteiger partial charge in [-0.25, -0.2) is 4.57 Å². The number of carbonyl (C=O) groups excluding carboxylic acids is 2. The van der Waals surface area contributed by atoms with Crippen LogP contribution in [0, 0.1) is 0 Å². The Labute approximate surface area is 373 Å². The van der Waals surface area contributed by atoms with E-state index in [1.165, 1.54) is 109 Å². The van der Waals surface area contributed by atoms with Crippen LogP contribution in [0.2, 0.25) is 0 Å². The molecule has 0 fully saturated rings. The average Bonchev–Trinajstić information content (AvgIpc) is 3.25. The standard InChI is InChI=1S/C51H90NO8P/c1-3-5-7-9-11-13-15-17-19-21-23-24-26-27-29-31-33-35-37-39-41-43-50(54)52-45-46-59-61(56,57)60-48-49(53)47-58-51(55)44-42-40-38-36-34-32-30-28-25-22-20-18-16-14-12-10-8-6-4-2/h11-14,17-20,25,28,32,34,49,53H,3-10,15-16,21-24,26-27,29-31,33,35-48H2,1-2H3,(H,52,54)(H,56,57)/b13-11-,14-12-,19-17-,20-18-,28-25-,34-32-. The fourth-order valence-corrected chi connectivity index (χ4v) is 7.15. The van der Waals surface area contributed by atoms with Crippen LogP contribution in [0.1, 0.15) is 206 Å². The molecule has 0 radical (unpaired) electrons. The van der Waals surface area contributed by atoms with Gasteiger partial charge in [0.2, 0.25) is 5.91 Å². The first-order chi connectivity index (χ1) is 29.8. The highest BCUT2D eigenvalue weighted by atomic mass is 31.2. The van der Waals surface area contributed by atoms with Gasteiger partial charge in [-0.3, -0.25) is 18.6 Å². The minimum absolute atomic E-state index is 0.0734. The molecule has 0 bridgehead atoms. The Bertz CT molecular complexity index is 1230. The van der Waals surface area contributed by atoms with Gasteiger partial charge in [0.25, 0.3) is 0 Å². The van der Waals surface area contributed by atoms with Gasteiger partial charge in [-0.05, 0) is 89.9 Å². The summed E-state index contributed by atoms with van der Waals surface area (Å²) in [4.78, 5) is 34.0. The lowest BCUT2D eigenvalue weighted by atomic mass is 10.0. The smallest absolute Gasteiger partial charge is 0.463 e. The van der Waals surface area contributed by atoms with E-state index in [9.17, 15) is 24.2 Å². The number of hydrogen-bond donors (Lipinski definition) is 3. The van der Waals surface area contributed by atoms with E-state index in [1.807, 2.05) is 0 Å².